The van der Waals surface area contributed by atoms with Gasteiger partial charge < -0.3 is 20.1 Å². The van der Waals surface area contributed by atoms with Gasteiger partial charge in [-0.15, -0.1) is 0 Å². The SMILES string of the molecule is CCOCCCC(=O)NCC(C)(O)CN(C)C. The van der Waals surface area contributed by atoms with Crippen LogP contribution in [0, 0.1) is 0 Å². The van der Waals surface area contributed by atoms with Gasteiger partial charge in [0.2, 0.25) is 5.91 Å². The summed E-state index contributed by atoms with van der Waals surface area (Å²) >= 11 is 0. The Hall–Kier alpha value is -0.650. The van der Waals surface area contributed by atoms with Gasteiger partial charge in [0.1, 0.15) is 0 Å². The lowest BCUT2D eigenvalue weighted by molar-refractivity contribution is -0.122. The first kappa shape index (κ1) is 16.4. The third kappa shape index (κ3) is 10.2. The van der Waals surface area contributed by atoms with Crippen molar-refractivity contribution in [2.24, 2.45) is 0 Å². The number of likely N-dealkylation sites (N-methyl/N-ethyl adjacent to an activating group) is 1. The van der Waals surface area contributed by atoms with Crippen LogP contribution in [0.2, 0.25) is 0 Å². The first-order valence-corrected chi connectivity index (χ1v) is 6.09. The zero-order valence-corrected chi connectivity index (χ0v) is 11.5. The van der Waals surface area contributed by atoms with Gasteiger partial charge in [0.15, 0.2) is 0 Å². The molecule has 0 rings (SSSR count). The standard InChI is InChI=1S/C12H26N2O3/c1-5-17-8-6-7-11(15)13-9-12(2,16)10-14(3)4/h16H,5-10H2,1-4H3,(H,13,15). The molecule has 0 aliphatic rings. The minimum atomic E-state index is -0.890. The van der Waals surface area contributed by atoms with E-state index in [9.17, 15) is 9.90 Å². The molecule has 0 aliphatic heterocycles. The van der Waals surface area contributed by atoms with Gasteiger partial charge in [0.05, 0.1) is 5.60 Å². The largest absolute Gasteiger partial charge is 0.387 e. The minimum Gasteiger partial charge on any atom is -0.387 e. The third-order valence-corrected chi connectivity index (χ3v) is 2.22. The lowest BCUT2D eigenvalue weighted by Gasteiger charge is -2.27. The van der Waals surface area contributed by atoms with Crippen LogP contribution in [0.1, 0.15) is 26.7 Å². The Labute approximate surface area is 104 Å². The number of rotatable bonds is 9. The molecule has 0 aromatic heterocycles. The van der Waals surface area contributed by atoms with Crippen molar-refractivity contribution in [3.8, 4) is 0 Å². The molecule has 0 aromatic carbocycles. The van der Waals surface area contributed by atoms with Crippen molar-refractivity contribution in [2.75, 3.05) is 40.4 Å². The molecule has 5 heteroatoms. The van der Waals surface area contributed by atoms with E-state index in [0.29, 0.717) is 26.2 Å². The van der Waals surface area contributed by atoms with Gasteiger partial charge in [-0.1, -0.05) is 0 Å². The molecule has 2 N–H and O–H groups in total. The summed E-state index contributed by atoms with van der Waals surface area (Å²) in [4.78, 5) is 13.3. The Bertz CT molecular complexity index is 218. The number of aliphatic hydroxyl groups is 1. The van der Waals surface area contributed by atoms with Gasteiger partial charge in [-0.3, -0.25) is 4.79 Å². The summed E-state index contributed by atoms with van der Waals surface area (Å²) in [5, 5.41) is 12.7. The van der Waals surface area contributed by atoms with Crippen molar-refractivity contribution < 1.29 is 14.6 Å². The maximum absolute atomic E-state index is 11.4. The van der Waals surface area contributed by atoms with Crippen LogP contribution in [0.3, 0.4) is 0 Å². The number of carbonyl (C=O) groups excluding carboxylic acids is 1. The highest BCUT2D eigenvalue weighted by Crippen LogP contribution is 2.02. The monoisotopic (exact) mass is 246 g/mol. The Morgan fingerprint density at radius 2 is 2.12 bits per heavy atom. The predicted octanol–water partition coefficient (Wildman–Crippen LogP) is 0.232. The van der Waals surface area contributed by atoms with E-state index in [1.165, 1.54) is 0 Å². The molecule has 0 aliphatic carbocycles. The van der Waals surface area contributed by atoms with Gasteiger partial charge in [0.25, 0.3) is 0 Å². The first-order valence-electron chi connectivity index (χ1n) is 6.09. The molecule has 0 spiro atoms. The Balaban J connectivity index is 3.68. The molecule has 17 heavy (non-hydrogen) atoms. The molecule has 0 fully saturated rings. The molecule has 0 saturated heterocycles. The molecule has 1 atom stereocenters. The molecule has 1 amide bonds. The second-order valence-electron chi connectivity index (χ2n) is 4.81. The van der Waals surface area contributed by atoms with Crippen molar-refractivity contribution in [1.29, 1.82) is 0 Å². The highest BCUT2D eigenvalue weighted by atomic mass is 16.5. The van der Waals surface area contributed by atoms with E-state index in [1.54, 1.807) is 6.92 Å². The lowest BCUT2D eigenvalue weighted by atomic mass is 10.1. The smallest absolute Gasteiger partial charge is 0.220 e. The van der Waals surface area contributed by atoms with Crippen molar-refractivity contribution in [3.05, 3.63) is 0 Å². The number of nitrogens with zero attached hydrogens (tertiary/aromatic N) is 1. The van der Waals surface area contributed by atoms with E-state index in [1.807, 2.05) is 25.9 Å². The van der Waals surface area contributed by atoms with Crippen LogP contribution in [0.4, 0.5) is 0 Å². The molecular weight excluding hydrogens is 220 g/mol. The van der Waals surface area contributed by atoms with Crippen LogP contribution in [-0.4, -0.2) is 61.9 Å². The molecule has 1 unspecified atom stereocenters. The van der Waals surface area contributed by atoms with Crippen LogP contribution in [-0.2, 0) is 9.53 Å². The number of nitrogens with one attached hydrogen (secondary N) is 1. The quantitative estimate of drug-likeness (QED) is 0.572. The Kier molecular flexibility index (Phi) is 8.12. The summed E-state index contributed by atoms with van der Waals surface area (Å²) < 4.78 is 5.15. The van der Waals surface area contributed by atoms with E-state index in [2.05, 4.69) is 5.32 Å². The normalized spacial score (nSPS) is 14.7. The fraction of sp³-hybridized carbons (Fsp3) is 0.917. The molecular formula is C12H26N2O3. The summed E-state index contributed by atoms with van der Waals surface area (Å²) in [5.41, 5.74) is -0.890. The van der Waals surface area contributed by atoms with E-state index in [0.717, 1.165) is 6.42 Å². The number of hydrogen-bond acceptors (Lipinski definition) is 4. The highest BCUT2D eigenvalue weighted by Gasteiger charge is 2.21. The summed E-state index contributed by atoms with van der Waals surface area (Å²) in [6, 6.07) is 0. The second-order valence-corrected chi connectivity index (χ2v) is 4.81. The zero-order valence-electron chi connectivity index (χ0n) is 11.5. The Morgan fingerprint density at radius 1 is 1.47 bits per heavy atom. The third-order valence-electron chi connectivity index (χ3n) is 2.22. The minimum absolute atomic E-state index is 0.0382. The van der Waals surface area contributed by atoms with E-state index in [-0.39, 0.29) is 12.5 Å². The molecule has 0 saturated carbocycles. The maximum Gasteiger partial charge on any atom is 0.220 e. The fourth-order valence-electron chi connectivity index (χ4n) is 1.59. The molecule has 0 radical (unpaired) electrons. The van der Waals surface area contributed by atoms with Crippen LogP contribution in [0.25, 0.3) is 0 Å². The molecule has 102 valence electrons. The highest BCUT2D eigenvalue weighted by molar-refractivity contribution is 5.75. The van der Waals surface area contributed by atoms with Crippen LogP contribution in [0.5, 0.6) is 0 Å². The number of ether oxygens (including phenoxy) is 1. The summed E-state index contributed by atoms with van der Waals surface area (Å²) in [6.45, 7) is 5.73. The van der Waals surface area contributed by atoms with Gasteiger partial charge in [-0.05, 0) is 34.4 Å². The van der Waals surface area contributed by atoms with Crippen LogP contribution >= 0.6 is 0 Å². The summed E-state index contributed by atoms with van der Waals surface area (Å²) in [7, 11) is 3.77. The van der Waals surface area contributed by atoms with E-state index >= 15 is 0 Å². The number of amides is 1. The molecule has 0 bridgehead atoms. The maximum atomic E-state index is 11.4. The van der Waals surface area contributed by atoms with E-state index in [4.69, 9.17) is 4.74 Å². The topological polar surface area (TPSA) is 61.8 Å². The van der Waals surface area contributed by atoms with Gasteiger partial charge in [0, 0.05) is 32.7 Å². The molecule has 5 nitrogen and oxygen atoms in total. The summed E-state index contributed by atoms with van der Waals surface area (Å²) in [6.07, 6.45) is 1.16. The van der Waals surface area contributed by atoms with Gasteiger partial charge >= 0.3 is 0 Å². The van der Waals surface area contributed by atoms with Crippen molar-refractivity contribution >= 4 is 5.91 Å². The number of carbonyl (C=O) groups is 1. The average Bonchev–Trinajstić information content (AvgIpc) is 2.20. The van der Waals surface area contributed by atoms with Gasteiger partial charge in [-0.2, -0.15) is 0 Å². The average molecular weight is 246 g/mol. The lowest BCUT2D eigenvalue weighted by Crippen LogP contribution is -2.47. The van der Waals surface area contributed by atoms with Crippen molar-refractivity contribution in [1.82, 2.24) is 10.2 Å². The first-order chi connectivity index (χ1) is 7.87. The Morgan fingerprint density at radius 3 is 2.65 bits per heavy atom. The predicted molar refractivity (Wildman–Crippen MR) is 67.9 cm³/mol. The van der Waals surface area contributed by atoms with Gasteiger partial charge in [-0.25, -0.2) is 0 Å². The van der Waals surface area contributed by atoms with E-state index < -0.39 is 5.60 Å². The fourth-order valence-corrected chi connectivity index (χ4v) is 1.59. The molecule has 0 aromatic rings. The van der Waals surface area contributed by atoms with Crippen LogP contribution < -0.4 is 5.32 Å². The zero-order chi connectivity index (χ0) is 13.3. The second kappa shape index (κ2) is 8.44. The molecule has 0 heterocycles. The van der Waals surface area contributed by atoms with Crippen LogP contribution in [0.15, 0.2) is 0 Å². The van der Waals surface area contributed by atoms with Crippen molar-refractivity contribution in [2.45, 2.75) is 32.3 Å². The summed E-state index contributed by atoms with van der Waals surface area (Å²) in [5.74, 6) is -0.0382. The number of hydrogen-bond donors (Lipinski definition) is 2. The van der Waals surface area contributed by atoms with Crippen molar-refractivity contribution in [3.63, 3.8) is 0 Å².